The molecular weight excluding hydrogens is 248 g/mol. The van der Waals surface area contributed by atoms with Crippen LogP contribution in [0.4, 0.5) is 0 Å². The Balaban J connectivity index is 2.90. The number of aryl methyl sites for hydroxylation is 1. The summed E-state index contributed by atoms with van der Waals surface area (Å²) in [5.74, 6) is 0. The van der Waals surface area contributed by atoms with Gasteiger partial charge in [0.05, 0.1) is 17.8 Å². The van der Waals surface area contributed by atoms with Gasteiger partial charge in [-0.15, -0.1) is 0 Å². The normalized spacial score (nSPS) is 15.7. The molecule has 0 radical (unpaired) electrons. The van der Waals surface area contributed by atoms with Gasteiger partial charge in [0.25, 0.3) is 0 Å². The number of hydrogen-bond acceptors (Lipinski definition) is 3. The molecule has 112 valence electrons. The van der Waals surface area contributed by atoms with Gasteiger partial charge >= 0.3 is 0 Å². The van der Waals surface area contributed by atoms with Gasteiger partial charge in [0, 0.05) is 12.1 Å². The van der Waals surface area contributed by atoms with Gasteiger partial charge in [-0.25, -0.2) is 0 Å². The molecule has 1 aromatic rings. The van der Waals surface area contributed by atoms with Gasteiger partial charge in [-0.2, -0.15) is 10.4 Å². The van der Waals surface area contributed by atoms with Crippen molar-refractivity contribution in [3.8, 4) is 6.07 Å². The molecule has 0 saturated heterocycles. The van der Waals surface area contributed by atoms with Crippen molar-refractivity contribution in [2.45, 2.75) is 72.4 Å². The molecule has 1 rings (SSSR count). The lowest BCUT2D eigenvalue weighted by atomic mass is 9.95. The Kier molecular flexibility index (Phi) is 5.76. The summed E-state index contributed by atoms with van der Waals surface area (Å²) < 4.78 is 2.08. The maximum absolute atomic E-state index is 9.44. The van der Waals surface area contributed by atoms with Crippen LogP contribution in [-0.2, 0) is 6.42 Å². The highest BCUT2D eigenvalue weighted by atomic mass is 15.3. The predicted octanol–water partition coefficient (Wildman–Crippen LogP) is 3.30. The van der Waals surface area contributed by atoms with Gasteiger partial charge in [0.15, 0.2) is 0 Å². The Morgan fingerprint density at radius 3 is 2.50 bits per heavy atom. The van der Waals surface area contributed by atoms with Crippen LogP contribution in [0.1, 0.15) is 63.5 Å². The van der Waals surface area contributed by atoms with E-state index in [0.29, 0.717) is 0 Å². The molecule has 0 aromatic carbocycles. The predicted molar refractivity (Wildman–Crippen MR) is 82.7 cm³/mol. The third-order valence-corrected chi connectivity index (χ3v) is 3.96. The molecule has 0 spiro atoms. The summed E-state index contributed by atoms with van der Waals surface area (Å²) in [7, 11) is 0. The molecule has 20 heavy (non-hydrogen) atoms. The number of nitriles is 1. The first-order chi connectivity index (χ1) is 9.38. The highest BCUT2D eigenvalue weighted by Gasteiger charge is 2.27. The van der Waals surface area contributed by atoms with Gasteiger partial charge in [-0.05, 0) is 52.6 Å². The van der Waals surface area contributed by atoms with Gasteiger partial charge in [-0.1, -0.05) is 13.8 Å². The summed E-state index contributed by atoms with van der Waals surface area (Å²) in [6.07, 6.45) is 2.80. The van der Waals surface area contributed by atoms with Crippen molar-refractivity contribution < 1.29 is 0 Å². The average Bonchev–Trinajstić information content (AvgIpc) is 2.71. The number of rotatable bonds is 7. The molecule has 0 aliphatic carbocycles. The van der Waals surface area contributed by atoms with Crippen LogP contribution in [0.3, 0.4) is 0 Å². The molecule has 2 unspecified atom stereocenters. The Hall–Kier alpha value is -1.34. The number of nitrogens with one attached hydrogen (secondary N) is 1. The minimum Gasteiger partial charge on any atom is -0.300 e. The highest BCUT2D eigenvalue weighted by Crippen LogP contribution is 2.24. The molecule has 1 aromatic heterocycles. The maximum atomic E-state index is 9.44. The molecule has 0 aliphatic heterocycles. The standard InChI is InChI=1S/C16H28N4/c1-7-9-18-16(6,11-17)10-12(3)20-14(5)15(8-2)13(4)19-20/h12,18H,7-10H2,1-6H3. The van der Waals surface area contributed by atoms with E-state index in [1.807, 2.05) is 6.92 Å². The summed E-state index contributed by atoms with van der Waals surface area (Å²) >= 11 is 0. The minimum atomic E-state index is -0.492. The quantitative estimate of drug-likeness (QED) is 0.831. The largest absolute Gasteiger partial charge is 0.300 e. The van der Waals surface area contributed by atoms with Crippen molar-refractivity contribution in [2.24, 2.45) is 0 Å². The number of aromatic nitrogens is 2. The van der Waals surface area contributed by atoms with Crippen molar-refractivity contribution in [2.75, 3.05) is 6.54 Å². The van der Waals surface area contributed by atoms with Crippen molar-refractivity contribution in [1.29, 1.82) is 5.26 Å². The molecular formula is C16H28N4. The topological polar surface area (TPSA) is 53.6 Å². The highest BCUT2D eigenvalue weighted by molar-refractivity contribution is 5.24. The number of nitrogens with zero attached hydrogens (tertiary/aromatic N) is 3. The van der Waals surface area contributed by atoms with Crippen LogP contribution in [0.2, 0.25) is 0 Å². The molecule has 4 heteroatoms. The Labute approximate surface area is 123 Å². The maximum Gasteiger partial charge on any atom is 0.105 e. The second-order valence-corrected chi connectivity index (χ2v) is 5.87. The lowest BCUT2D eigenvalue weighted by Gasteiger charge is -2.27. The molecule has 0 saturated carbocycles. The SMILES string of the molecule is CCCNC(C)(C#N)CC(C)n1nc(C)c(CC)c1C. The van der Waals surface area contributed by atoms with Crippen molar-refractivity contribution >= 4 is 0 Å². The van der Waals surface area contributed by atoms with E-state index < -0.39 is 5.54 Å². The second-order valence-electron chi connectivity index (χ2n) is 5.87. The van der Waals surface area contributed by atoms with E-state index in [1.54, 1.807) is 0 Å². The first-order valence-electron chi connectivity index (χ1n) is 7.59. The molecule has 4 nitrogen and oxygen atoms in total. The van der Waals surface area contributed by atoms with Gasteiger partial charge < -0.3 is 0 Å². The molecule has 0 amide bonds. The van der Waals surface area contributed by atoms with E-state index >= 15 is 0 Å². The van der Waals surface area contributed by atoms with E-state index in [9.17, 15) is 5.26 Å². The lowest BCUT2D eigenvalue weighted by molar-refractivity contribution is 0.329. The van der Waals surface area contributed by atoms with Crippen molar-refractivity contribution in [3.05, 3.63) is 17.0 Å². The summed E-state index contributed by atoms with van der Waals surface area (Å²) in [6, 6.07) is 2.63. The Bertz CT molecular complexity index is 483. The fourth-order valence-corrected chi connectivity index (χ4v) is 2.87. The molecule has 0 bridgehead atoms. The van der Waals surface area contributed by atoms with Gasteiger partial charge in [0.2, 0.25) is 0 Å². The Morgan fingerprint density at radius 1 is 1.40 bits per heavy atom. The fourth-order valence-electron chi connectivity index (χ4n) is 2.87. The molecule has 2 atom stereocenters. The van der Waals surface area contributed by atoms with Gasteiger partial charge in [-0.3, -0.25) is 10.00 Å². The van der Waals surface area contributed by atoms with E-state index in [-0.39, 0.29) is 6.04 Å². The van der Waals surface area contributed by atoms with Crippen molar-refractivity contribution in [1.82, 2.24) is 15.1 Å². The van der Waals surface area contributed by atoms with Crippen LogP contribution in [0.5, 0.6) is 0 Å². The lowest BCUT2D eigenvalue weighted by Crippen LogP contribution is -2.43. The van der Waals surface area contributed by atoms with Crippen LogP contribution >= 0.6 is 0 Å². The third-order valence-electron chi connectivity index (χ3n) is 3.96. The van der Waals surface area contributed by atoms with E-state index in [4.69, 9.17) is 0 Å². The fraction of sp³-hybridized carbons (Fsp3) is 0.750. The average molecular weight is 276 g/mol. The van der Waals surface area contributed by atoms with Crippen LogP contribution in [0.15, 0.2) is 0 Å². The zero-order valence-corrected chi connectivity index (χ0v) is 13.7. The van der Waals surface area contributed by atoms with Crippen LogP contribution in [0.25, 0.3) is 0 Å². The first kappa shape index (κ1) is 16.7. The van der Waals surface area contributed by atoms with Crippen LogP contribution in [-0.4, -0.2) is 21.9 Å². The summed E-state index contributed by atoms with van der Waals surface area (Å²) in [6.45, 7) is 13.4. The zero-order valence-electron chi connectivity index (χ0n) is 13.7. The third kappa shape index (κ3) is 3.61. The van der Waals surface area contributed by atoms with E-state index in [2.05, 4.69) is 55.8 Å². The number of hydrogen-bond donors (Lipinski definition) is 1. The molecule has 1 N–H and O–H groups in total. The molecule has 1 heterocycles. The zero-order chi connectivity index (χ0) is 15.3. The molecule has 0 fully saturated rings. The monoisotopic (exact) mass is 276 g/mol. The van der Waals surface area contributed by atoms with Crippen LogP contribution < -0.4 is 5.32 Å². The van der Waals surface area contributed by atoms with E-state index in [0.717, 1.165) is 31.5 Å². The Morgan fingerprint density at radius 2 is 2.05 bits per heavy atom. The summed E-state index contributed by atoms with van der Waals surface area (Å²) in [5.41, 5.74) is 3.18. The smallest absolute Gasteiger partial charge is 0.105 e. The second kappa shape index (κ2) is 6.90. The first-order valence-corrected chi connectivity index (χ1v) is 7.59. The van der Waals surface area contributed by atoms with Gasteiger partial charge in [0.1, 0.15) is 5.54 Å². The van der Waals surface area contributed by atoms with E-state index in [1.165, 1.54) is 11.3 Å². The summed E-state index contributed by atoms with van der Waals surface area (Å²) in [5, 5.41) is 17.4. The van der Waals surface area contributed by atoms with Crippen LogP contribution in [0, 0.1) is 25.2 Å². The van der Waals surface area contributed by atoms with Crippen molar-refractivity contribution in [3.63, 3.8) is 0 Å². The minimum absolute atomic E-state index is 0.211. The molecule has 0 aliphatic rings. The summed E-state index contributed by atoms with van der Waals surface area (Å²) in [4.78, 5) is 0.